The van der Waals surface area contributed by atoms with Crippen LogP contribution in [0.5, 0.6) is 0 Å². The zero-order valence-electron chi connectivity index (χ0n) is 7.30. The van der Waals surface area contributed by atoms with Crippen LogP contribution in [-0.4, -0.2) is 28.0 Å². The minimum absolute atomic E-state index is 0.0145. The number of aliphatic hydroxyl groups is 1. The van der Waals surface area contributed by atoms with Gasteiger partial charge in [0.15, 0.2) is 0 Å². The van der Waals surface area contributed by atoms with Crippen LogP contribution < -0.4 is 5.48 Å². The number of hydrogen-bond acceptors (Lipinski definition) is 4. The normalized spacial score (nSPS) is 13.4. The second-order valence-corrected chi connectivity index (χ2v) is 3.64. The van der Waals surface area contributed by atoms with Crippen molar-refractivity contribution >= 4 is 7.82 Å². The zero-order chi connectivity index (χ0) is 10.3. The Hall–Kier alpha value is -0.230. The van der Waals surface area contributed by atoms with Gasteiger partial charge in [-0.15, -0.1) is 0 Å². The van der Waals surface area contributed by atoms with E-state index in [9.17, 15) is 4.57 Å². The van der Waals surface area contributed by atoms with Crippen molar-refractivity contribution in [2.75, 3.05) is 13.2 Å². The molecule has 4 N–H and O–H groups in total. The fourth-order valence-corrected chi connectivity index (χ4v) is 0.831. The Kier molecular flexibility index (Phi) is 6.15. The molecule has 7 heteroatoms. The standard InChI is InChI=1S/C6H14NO5P/c1-6(5-8)3-2-4-7-12-13(9,10)11/h3,7-8H,2,4-5H2,1H3,(H2,9,10,11)/b6-3+. The van der Waals surface area contributed by atoms with Gasteiger partial charge in [0.2, 0.25) is 0 Å². The Balaban J connectivity index is 3.43. The second-order valence-electron chi connectivity index (χ2n) is 2.47. The highest BCUT2D eigenvalue weighted by Crippen LogP contribution is 2.33. The molecule has 0 aliphatic heterocycles. The van der Waals surface area contributed by atoms with E-state index in [0.29, 0.717) is 6.42 Å². The van der Waals surface area contributed by atoms with Gasteiger partial charge in [0.25, 0.3) is 0 Å². The van der Waals surface area contributed by atoms with Gasteiger partial charge < -0.3 is 14.9 Å². The summed E-state index contributed by atoms with van der Waals surface area (Å²) < 4.78 is 14.1. The average Bonchev–Trinajstić information content (AvgIpc) is 2.01. The van der Waals surface area contributed by atoms with Crippen molar-refractivity contribution < 1.29 is 24.1 Å². The van der Waals surface area contributed by atoms with Gasteiger partial charge in [-0.05, 0) is 13.3 Å². The summed E-state index contributed by atoms with van der Waals surface area (Å²) >= 11 is 0. The van der Waals surface area contributed by atoms with Gasteiger partial charge in [-0.3, -0.25) is 0 Å². The molecule has 0 bridgehead atoms. The summed E-state index contributed by atoms with van der Waals surface area (Å²) in [6.45, 7) is 2.02. The van der Waals surface area contributed by atoms with Crippen LogP contribution in [0, 0.1) is 0 Å². The molecule has 0 fully saturated rings. The van der Waals surface area contributed by atoms with E-state index in [-0.39, 0.29) is 13.2 Å². The van der Waals surface area contributed by atoms with Crippen molar-refractivity contribution in [3.63, 3.8) is 0 Å². The van der Waals surface area contributed by atoms with Crippen LogP contribution in [0.3, 0.4) is 0 Å². The molecule has 0 saturated heterocycles. The Bertz CT molecular complexity index is 211. The summed E-state index contributed by atoms with van der Waals surface area (Å²) in [7, 11) is -4.42. The second kappa shape index (κ2) is 6.26. The number of phosphoric acid groups is 1. The SMILES string of the molecule is C/C(=C\CCNOP(=O)(O)O)CO. The smallest absolute Gasteiger partial charge is 0.392 e. The average molecular weight is 211 g/mol. The zero-order valence-corrected chi connectivity index (χ0v) is 8.20. The predicted molar refractivity (Wildman–Crippen MR) is 46.6 cm³/mol. The molecule has 0 spiro atoms. The molecule has 0 aromatic carbocycles. The fourth-order valence-electron chi connectivity index (χ4n) is 0.572. The fraction of sp³-hybridized carbons (Fsp3) is 0.667. The highest BCUT2D eigenvalue weighted by Gasteiger charge is 2.12. The highest BCUT2D eigenvalue weighted by atomic mass is 31.2. The molecule has 0 saturated carbocycles. The van der Waals surface area contributed by atoms with Crippen molar-refractivity contribution in [2.24, 2.45) is 0 Å². The molecule has 0 aliphatic rings. The lowest BCUT2D eigenvalue weighted by atomic mass is 10.2. The first kappa shape index (κ1) is 12.8. The molecule has 13 heavy (non-hydrogen) atoms. The number of nitrogens with one attached hydrogen (secondary N) is 1. The van der Waals surface area contributed by atoms with Gasteiger partial charge in [0.1, 0.15) is 0 Å². The van der Waals surface area contributed by atoms with Crippen LogP contribution in [0.15, 0.2) is 11.6 Å². The largest absolute Gasteiger partial charge is 0.486 e. The summed E-state index contributed by atoms with van der Waals surface area (Å²) in [6.07, 6.45) is 2.28. The van der Waals surface area contributed by atoms with E-state index in [0.717, 1.165) is 5.57 Å². The summed E-state index contributed by atoms with van der Waals surface area (Å²) in [5.74, 6) is 0. The molecule has 0 aromatic heterocycles. The monoisotopic (exact) mass is 211 g/mol. The van der Waals surface area contributed by atoms with Gasteiger partial charge in [-0.1, -0.05) is 11.6 Å². The molecule has 0 heterocycles. The number of hydroxylamine groups is 1. The Morgan fingerprint density at radius 3 is 2.69 bits per heavy atom. The number of hydrogen-bond donors (Lipinski definition) is 4. The Labute approximate surface area is 76.4 Å². The van der Waals surface area contributed by atoms with E-state index < -0.39 is 7.82 Å². The molecule has 0 rings (SSSR count). The third-order valence-electron chi connectivity index (χ3n) is 1.17. The minimum atomic E-state index is -4.42. The maximum Gasteiger partial charge on any atom is 0.486 e. The first-order chi connectivity index (χ1) is 5.95. The lowest BCUT2D eigenvalue weighted by molar-refractivity contribution is 0.126. The first-order valence-corrected chi connectivity index (χ1v) is 5.22. The quantitative estimate of drug-likeness (QED) is 0.212. The number of rotatable bonds is 6. The summed E-state index contributed by atoms with van der Waals surface area (Å²) in [6, 6.07) is 0. The molecular weight excluding hydrogens is 197 g/mol. The molecule has 0 amide bonds. The first-order valence-electron chi connectivity index (χ1n) is 3.69. The van der Waals surface area contributed by atoms with E-state index >= 15 is 0 Å². The maximum absolute atomic E-state index is 10.1. The molecule has 0 radical (unpaired) electrons. The predicted octanol–water partition coefficient (Wildman–Crippen LogP) is -0.0710. The molecule has 0 aliphatic carbocycles. The van der Waals surface area contributed by atoms with Crippen LogP contribution >= 0.6 is 7.82 Å². The highest BCUT2D eigenvalue weighted by molar-refractivity contribution is 7.46. The minimum Gasteiger partial charge on any atom is -0.392 e. The maximum atomic E-state index is 10.1. The van der Waals surface area contributed by atoms with Gasteiger partial charge >= 0.3 is 7.82 Å². The molecule has 6 nitrogen and oxygen atoms in total. The number of aliphatic hydroxyl groups excluding tert-OH is 1. The third kappa shape index (κ3) is 9.69. The summed E-state index contributed by atoms with van der Waals surface area (Å²) in [4.78, 5) is 16.5. The van der Waals surface area contributed by atoms with E-state index in [4.69, 9.17) is 14.9 Å². The van der Waals surface area contributed by atoms with Crippen LogP contribution in [0.1, 0.15) is 13.3 Å². The van der Waals surface area contributed by atoms with Gasteiger partial charge in [-0.25, -0.2) is 4.57 Å². The van der Waals surface area contributed by atoms with Crippen LogP contribution in [0.25, 0.3) is 0 Å². The molecule has 0 aromatic rings. The molecule has 78 valence electrons. The lowest BCUT2D eigenvalue weighted by Gasteiger charge is -2.04. The van der Waals surface area contributed by atoms with Gasteiger partial charge in [0.05, 0.1) is 6.61 Å². The van der Waals surface area contributed by atoms with Crippen molar-refractivity contribution in [2.45, 2.75) is 13.3 Å². The van der Waals surface area contributed by atoms with Crippen molar-refractivity contribution in [3.8, 4) is 0 Å². The van der Waals surface area contributed by atoms with E-state index in [1.807, 2.05) is 0 Å². The van der Waals surface area contributed by atoms with Crippen molar-refractivity contribution in [1.29, 1.82) is 0 Å². The van der Waals surface area contributed by atoms with Crippen molar-refractivity contribution in [1.82, 2.24) is 5.48 Å². The van der Waals surface area contributed by atoms with E-state index in [1.54, 1.807) is 13.0 Å². The molecule has 0 unspecified atom stereocenters. The molecular formula is C6H14NO5P. The van der Waals surface area contributed by atoms with Crippen LogP contribution in [-0.2, 0) is 9.19 Å². The van der Waals surface area contributed by atoms with Gasteiger partial charge in [0, 0.05) is 6.54 Å². The van der Waals surface area contributed by atoms with Gasteiger partial charge in [-0.2, -0.15) is 10.1 Å². The van der Waals surface area contributed by atoms with E-state index in [1.165, 1.54) is 0 Å². The topological polar surface area (TPSA) is 99.0 Å². The lowest BCUT2D eigenvalue weighted by Crippen LogP contribution is -2.13. The van der Waals surface area contributed by atoms with Crippen LogP contribution in [0.2, 0.25) is 0 Å². The Morgan fingerprint density at radius 1 is 1.62 bits per heavy atom. The van der Waals surface area contributed by atoms with Crippen LogP contribution in [0.4, 0.5) is 0 Å². The third-order valence-corrected chi connectivity index (χ3v) is 1.54. The molecule has 0 atom stereocenters. The summed E-state index contributed by atoms with van der Waals surface area (Å²) in [5, 5.41) is 8.58. The summed E-state index contributed by atoms with van der Waals surface area (Å²) in [5.41, 5.74) is 2.92. The van der Waals surface area contributed by atoms with Crippen molar-refractivity contribution in [3.05, 3.63) is 11.6 Å². The Morgan fingerprint density at radius 2 is 2.23 bits per heavy atom. The van der Waals surface area contributed by atoms with E-state index in [2.05, 4.69) is 10.1 Å².